The third-order valence-electron chi connectivity index (χ3n) is 6.86. The Kier molecular flexibility index (Phi) is 16.3. The molecule has 0 atom stereocenters. The highest BCUT2D eigenvalue weighted by Crippen LogP contribution is 2.27. The minimum absolute atomic E-state index is 0.0700. The van der Waals surface area contributed by atoms with E-state index in [4.69, 9.17) is 19.1 Å². The van der Waals surface area contributed by atoms with Crippen LogP contribution in [0.1, 0.15) is 45.2 Å². The summed E-state index contributed by atoms with van der Waals surface area (Å²) in [5.41, 5.74) is 2.91. The van der Waals surface area contributed by atoms with Crippen molar-refractivity contribution in [2.75, 3.05) is 66.7 Å². The zero-order valence-electron chi connectivity index (χ0n) is 26.5. The summed E-state index contributed by atoms with van der Waals surface area (Å²) in [6.07, 6.45) is 7.79. The van der Waals surface area contributed by atoms with Crippen LogP contribution in [0.15, 0.2) is 58.9 Å². The van der Waals surface area contributed by atoms with Crippen LogP contribution in [0.5, 0.6) is 23.0 Å². The molecular weight excluding hydrogens is 548 g/mol. The number of benzene rings is 2. The fourth-order valence-corrected chi connectivity index (χ4v) is 4.09. The minimum atomic E-state index is 0.0700. The normalized spacial score (nSPS) is 12.6. The van der Waals surface area contributed by atoms with Crippen LogP contribution in [-0.2, 0) is 9.68 Å². The van der Waals surface area contributed by atoms with Crippen molar-refractivity contribution < 1.29 is 29.4 Å². The van der Waals surface area contributed by atoms with Gasteiger partial charge in [-0.05, 0) is 73.7 Å². The molecule has 0 aliphatic carbocycles. The molecule has 10 nitrogen and oxygen atoms in total. The fraction of sp³-hybridized carbons (Fsp3) is 0.455. The van der Waals surface area contributed by atoms with Gasteiger partial charge in [-0.2, -0.15) is 0 Å². The molecule has 2 rings (SSSR count). The standard InChI is InChI=1S/C33H48N4O6/c1-7-36(8-2)19-21-42-34-28(15-11-26-13-17-30(38)32(23-26)40-5)25-29(35-43-22-20-37(9-3)10-4)16-12-27-14-18-31(39)33(24-27)41-6/h11-18,23-24,38-39H,7-10,19-22,25H2,1-6H3/b15-11+,16-12+,34-28+,35-29+. The lowest BCUT2D eigenvalue weighted by Gasteiger charge is -2.17. The summed E-state index contributed by atoms with van der Waals surface area (Å²) in [6, 6.07) is 10.2. The average Bonchev–Trinajstić information content (AvgIpc) is 3.03. The molecule has 0 radical (unpaired) electrons. The van der Waals surface area contributed by atoms with Gasteiger partial charge in [0.05, 0.1) is 25.6 Å². The molecule has 0 spiro atoms. The molecule has 0 aromatic heterocycles. The zero-order chi connectivity index (χ0) is 31.5. The zero-order valence-corrected chi connectivity index (χ0v) is 26.5. The van der Waals surface area contributed by atoms with Crippen LogP contribution < -0.4 is 9.47 Å². The Bertz CT molecular complexity index is 1130. The van der Waals surface area contributed by atoms with E-state index in [0.29, 0.717) is 42.6 Å². The highest BCUT2D eigenvalue weighted by molar-refractivity contribution is 6.15. The molecule has 2 aromatic rings. The molecule has 0 saturated carbocycles. The number of hydrogen-bond acceptors (Lipinski definition) is 10. The molecule has 0 aliphatic heterocycles. The number of phenols is 2. The Morgan fingerprint density at radius 3 is 1.42 bits per heavy atom. The molecule has 10 heteroatoms. The number of aromatic hydroxyl groups is 2. The van der Waals surface area contributed by atoms with Crippen molar-refractivity contribution in [3.8, 4) is 23.0 Å². The van der Waals surface area contributed by atoms with Crippen molar-refractivity contribution in [3.63, 3.8) is 0 Å². The Morgan fingerprint density at radius 2 is 1.07 bits per heavy atom. The van der Waals surface area contributed by atoms with Crippen molar-refractivity contribution in [1.29, 1.82) is 0 Å². The predicted molar refractivity (Wildman–Crippen MR) is 174 cm³/mol. The SMILES string of the molecule is CCN(CC)CCO/N=C(\C=C\c1ccc(O)c(OC)c1)CC(/C=C/c1ccc(O)c(OC)c1)=N/OCCN(CC)CC. The molecule has 2 N–H and O–H groups in total. The number of ether oxygens (including phenoxy) is 2. The molecule has 0 saturated heterocycles. The van der Waals surface area contributed by atoms with E-state index >= 15 is 0 Å². The molecule has 43 heavy (non-hydrogen) atoms. The number of phenolic OH excluding ortho intramolecular Hbond substituents is 2. The molecule has 2 aromatic carbocycles. The lowest BCUT2D eigenvalue weighted by molar-refractivity contribution is 0.113. The van der Waals surface area contributed by atoms with Gasteiger partial charge in [-0.1, -0.05) is 62.3 Å². The summed E-state index contributed by atoms with van der Waals surface area (Å²) in [6.45, 7) is 14.6. The number of allylic oxidation sites excluding steroid dienone is 2. The topological polar surface area (TPSA) is 109 Å². The van der Waals surface area contributed by atoms with Gasteiger partial charge < -0.3 is 39.2 Å². The first-order chi connectivity index (χ1) is 20.9. The van der Waals surface area contributed by atoms with Crippen molar-refractivity contribution in [3.05, 3.63) is 59.7 Å². The molecule has 0 unspecified atom stereocenters. The fourth-order valence-electron chi connectivity index (χ4n) is 4.09. The van der Waals surface area contributed by atoms with Crippen LogP contribution in [0, 0.1) is 0 Å². The Hall–Kier alpha value is -4.02. The molecule has 0 aliphatic rings. The van der Waals surface area contributed by atoms with Gasteiger partial charge in [0.2, 0.25) is 0 Å². The molecule has 0 bridgehead atoms. The lowest BCUT2D eigenvalue weighted by atomic mass is 10.1. The van der Waals surface area contributed by atoms with Crippen LogP contribution in [0.4, 0.5) is 0 Å². The van der Waals surface area contributed by atoms with E-state index in [1.807, 2.05) is 24.3 Å². The van der Waals surface area contributed by atoms with E-state index in [1.165, 1.54) is 14.2 Å². The highest BCUT2D eigenvalue weighted by atomic mass is 16.6. The quantitative estimate of drug-likeness (QED) is 0.115. The maximum absolute atomic E-state index is 9.97. The third kappa shape index (κ3) is 12.8. The summed E-state index contributed by atoms with van der Waals surface area (Å²) in [5, 5.41) is 28.8. The summed E-state index contributed by atoms with van der Waals surface area (Å²) in [4.78, 5) is 16.0. The number of likely N-dealkylation sites (N-methyl/N-ethyl adjacent to an activating group) is 2. The number of oxime groups is 2. The second-order valence-corrected chi connectivity index (χ2v) is 9.59. The van der Waals surface area contributed by atoms with E-state index in [9.17, 15) is 10.2 Å². The van der Waals surface area contributed by atoms with Gasteiger partial charge in [-0.15, -0.1) is 0 Å². The summed E-state index contributed by atoms with van der Waals surface area (Å²) in [5.74, 6) is 0.903. The van der Waals surface area contributed by atoms with Crippen LogP contribution in [0.3, 0.4) is 0 Å². The van der Waals surface area contributed by atoms with Crippen molar-refractivity contribution in [1.82, 2.24) is 9.80 Å². The first-order valence-electron chi connectivity index (χ1n) is 14.8. The van der Waals surface area contributed by atoms with Crippen molar-refractivity contribution in [2.24, 2.45) is 10.3 Å². The largest absolute Gasteiger partial charge is 0.504 e. The van der Waals surface area contributed by atoms with Crippen molar-refractivity contribution in [2.45, 2.75) is 34.1 Å². The number of rotatable bonds is 20. The molecular formula is C33H48N4O6. The van der Waals surface area contributed by atoms with Gasteiger partial charge in [-0.25, -0.2) is 0 Å². The highest BCUT2D eigenvalue weighted by Gasteiger charge is 2.08. The summed E-state index contributed by atoms with van der Waals surface area (Å²) in [7, 11) is 3.02. The van der Waals surface area contributed by atoms with E-state index in [1.54, 1.807) is 36.4 Å². The van der Waals surface area contributed by atoms with Gasteiger partial charge in [0.25, 0.3) is 0 Å². The van der Waals surface area contributed by atoms with Gasteiger partial charge in [0, 0.05) is 19.5 Å². The van der Waals surface area contributed by atoms with E-state index in [-0.39, 0.29) is 11.5 Å². The van der Waals surface area contributed by atoms with Gasteiger partial charge in [0.1, 0.15) is 13.2 Å². The molecule has 236 valence electrons. The number of hydrogen-bond donors (Lipinski definition) is 2. The monoisotopic (exact) mass is 596 g/mol. The third-order valence-corrected chi connectivity index (χ3v) is 6.86. The van der Waals surface area contributed by atoms with Gasteiger partial charge in [0.15, 0.2) is 23.0 Å². The predicted octanol–water partition coefficient (Wildman–Crippen LogP) is 5.66. The van der Waals surface area contributed by atoms with Crippen LogP contribution in [0.25, 0.3) is 12.2 Å². The minimum Gasteiger partial charge on any atom is -0.504 e. The number of nitrogens with zero attached hydrogens (tertiary/aromatic N) is 4. The van der Waals surface area contributed by atoms with Gasteiger partial charge in [-0.3, -0.25) is 0 Å². The van der Waals surface area contributed by atoms with Gasteiger partial charge >= 0.3 is 0 Å². The second kappa shape index (κ2) is 20.0. The summed E-state index contributed by atoms with van der Waals surface area (Å²) >= 11 is 0. The smallest absolute Gasteiger partial charge is 0.161 e. The Balaban J connectivity index is 2.35. The first kappa shape index (κ1) is 35.2. The Morgan fingerprint density at radius 1 is 0.674 bits per heavy atom. The van der Waals surface area contributed by atoms with E-state index < -0.39 is 0 Å². The Labute approximate surface area is 256 Å². The first-order valence-corrected chi connectivity index (χ1v) is 14.8. The molecule has 0 amide bonds. The average molecular weight is 597 g/mol. The number of methoxy groups -OCH3 is 2. The molecule has 0 fully saturated rings. The van der Waals surface area contributed by atoms with Crippen molar-refractivity contribution >= 4 is 23.6 Å². The maximum atomic E-state index is 9.97. The van der Waals surface area contributed by atoms with E-state index in [0.717, 1.165) is 50.4 Å². The molecule has 0 heterocycles. The van der Waals surface area contributed by atoms with Crippen LogP contribution in [0.2, 0.25) is 0 Å². The maximum Gasteiger partial charge on any atom is 0.161 e. The summed E-state index contributed by atoms with van der Waals surface area (Å²) < 4.78 is 10.5. The van der Waals surface area contributed by atoms with E-state index in [2.05, 4.69) is 47.8 Å². The lowest BCUT2D eigenvalue weighted by Crippen LogP contribution is -2.26. The van der Waals surface area contributed by atoms with Crippen LogP contribution in [-0.4, -0.2) is 98.1 Å². The van der Waals surface area contributed by atoms with Crippen LogP contribution >= 0.6 is 0 Å². The second-order valence-electron chi connectivity index (χ2n) is 9.59.